The number of nitrogens with zero attached hydrogens (tertiary/aromatic N) is 3. The molecule has 0 saturated carbocycles. The zero-order valence-corrected chi connectivity index (χ0v) is 24.3. The van der Waals surface area contributed by atoms with E-state index in [0.717, 1.165) is 46.0 Å². The first-order chi connectivity index (χ1) is 20.1. The van der Waals surface area contributed by atoms with E-state index in [1.165, 1.54) is 0 Å². The van der Waals surface area contributed by atoms with Gasteiger partial charge in [-0.15, -0.1) is 0 Å². The van der Waals surface area contributed by atoms with Crippen LogP contribution in [0, 0.1) is 0 Å². The molecule has 218 valence electrons. The summed E-state index contributed by atoms with van der Waals surface area (Å²) in [4.78, 5) is 48.0. The van der Waals surface area contributed by atoms with Crippen LogP contribution in [0.5, 0.6) is 5.75 Å². The lowest BCUT2D eigenvalue weighted by Gasteiger charge is -2.31. The molecule has 0 spiro atoms. The van der Waals surface area contributed by atoms with Crippen LogP contribution < -0.4 is 15.0 Å². The highest BCUT2D eigenvalue weighted by molar-refractivity contribution is 6.11. The summed E-state index contributed by atoms with van der Waals surface area (Å²) in [6, 6.07) is 16.8. The van der Waals surface area contributed by atoms with Gasteiger partial charge in [-0.05, 0) is 69.5 Å². The molecule has 2 N–H and O–H groups in total. The van der Waals surface area contributed by atoms with Gasteiger partial charge in [-0.25, -0.2) is 9.59 Å². The Bertz CT molecular complexity index is 1700. The van der Waals surface area contributed by atoms with Gasteiger partial charge < -0.3 is 29.2 Å². The molecular formula is C32H35N5O5. The number of carbonyl (C=O) groups excluding carboxylic acids is 3. The van der Waals surface area contributed by atoms with E-state index in [9.17, 15) is 14.4 Å². The van der Waals surface area contributed by atoms with Crippen LogP contribution in [0.25, 0.3) is 21.7 Å². The number of carbonyl (C=O) groups is 3. The van der Waals surface area contributed by atoms with Crippen molar-refractivity contribution in [2.45, 2.75) is 32.8 Å². The average Bonchev–Trinajstić information content (AvgIpc) is 3.56. The quantitative estimate of drug-likeness (QED) is 0.332. The zero-order chi connectivity index (χ0) is 29.6. The van der Waals surface area contributed by atoms with Crippen molar-refractivity contribution >= 4 is 51.1 Å². The minimum Gasteiger partial charge on any atom is -0.444 e. The summed E-state index contributed by atoms with van der Waals surface area (Å²) in [6.45, 7) is 8.74. The smallest absolute Gasteiger partial charge is 0.415 e. The van der Waals surface area contributed by atoms with Crippen LogP contribution in [-0.2, 0) is 11.2 Å². The summed E-state index contributed by atoms with van der Waals surface area (Å²) in [5.74, 6) is 0.265. The van der Waals surface area contributed by atoms with E-state index >= 15 is 0 Å². The number of ether oxygens (including phenoxy) is 2. The highest BCUT2D eigenvalue weighted by Crippen LogP contribution is 2.41. The van der Waals surface area contributed by atoms with Crippen LogP contribution in [0.3, 0.4) is 0 Å². The third kappa shape index (κ3) is 5.49. The highest BCUT2D eigenvalue weighted by atomic mass is 16.6. The lowest BCUT2D eigenvalue weighted by molar-refractivity contribution is 0.0635. The Kier molecular flexibility index (Phi) is 7.02. The third-order valence-corrected chi connectivity index (χ3v) is 7.67. The molecule has 0 bridgehead atoms. The molecule has 1 saturated heterocycles. The van der Waals surface area contributed by atoms with Crippen LogP contribution in [0.1, 0.15) is 36.8 Å². The predicted octanol–water partition coefficient (Wildman–Crippen LogP) is 5.62. The molecule has 2 aliphatic rings. The molecule has 42 heavy (non-hydrogen) atoms. The van der Waals surface area contributed by atoms with Gasteiger partial charge in [0.15, 0.2) is 0 Å². The number of rotatable bonds is 3. The fraction of sp³-hybridized carbons (Fsp3) is 0.344. The second kappa shape index (κ2) is 10.7. The van der Waals surface area contributed by atoms with E-state index < -0.39 is 11.7 Å². The molecule has 3 amide bonds. The molecule has 0 unspecified atom stereocenters. The Balaban J connectivity index is 1.27. The molecule has 1 aromatic heterocycles. The van der Waals surface area contributed by atoms with E-state index in [0.29, 0.717) is 43.2 Å². The Hall–Kier alpha value is -4.57. The predicted molar refractivity (Wildman–Crippen MR) is 163 cm³/mol. The first-order valence-electron chi connectivity index (χ1n) is 14.2. The third-order valence-electron chi connectivity index (χ3n) is 7.67. The first-order valence-corrected chi connectivity index (χ1v) is 14.2. The van der Waals surface area contributed by atoms with E-state index in [-0.39, 0.29) is 12.0 Å². The molecular weight excluding hydrogens is 534 g/mol. The van der Waals surface area contributed by atoms with Gasteiger partial charge in [0.2, 0.25) is 0 Å². The Labute approximate surface area is 244 Å². The molecule has 0 radical (unpaired) electrons. The molecule has 10 nitrogen and oxygen atoms in total. The molecule has 0 atom stereocenters. The minimum absolute atomic E-state index is 0.182. The van der Waals surface area contributed by atoms with Crippen molar-refractivity contribution in [3.8, 4) is 5.75 Å². The Morgan fingerprint density at radius 2 is 1.64 bits per heavy atom. The zero-order valence-electron chi connectivity index (χ0n) is 24.3. The first kappa shape index (κ1) is 27.6. The second-order valence-corrected chi connectivity index (χ2v) is 11.9. The van der Waals surface area contributed by atoms with Crippen molar-refractivity contribution in [1.82, 2.24) is 14.8 Å². The molecule has 2 aliphatic heterocycles. The van der Waals surface area contributed by atoms with Crippen molar-refractivity contribution in [1.29, 1.82) is 0 Å². The van der Waals surface area contributed by atoms with Crippen molar-refractivity contribution in [2.75, 3.05) is 50.0 Å². The molecule has 0 aliphatic carbocycles. The Morgan fingerprint density at radius 1 is 0.905 bits per heavy atom. The number of hydrogen-bond donors (Lipinski definition) is 2. The Morgan fingerprint density at radius 3 is 2.38 bits per heavy atom. The number of amides is 3. The number of aromatic nitrogens is 1. The maximum atomic E-state index is 13.8. The van der Waals surface area contributed by atoms with Gasteiger partial charge in [-0.1, -0.05) is 24.3 Å². The molecule has 6 rings (SSSR count). The van der Waals surface area contributed by atoms with Crippen LogP contribution in [0.4, 0.5) is 21.0 Å². The summed E-state index contributed by atoms with van der Waals surface area (Å²) in [5, 5.41) is 5.35. The topological polar surface area (TPSA) is 107 Å². The second-order valence-electron chi connectivity index (χ2n) is 11.9. The highest BCUT2D eigenvalue weighted by Gasteiger charge is 2.30. The van der Waals surface area contributed by atoms with Gasteiger partial charge in [0.25, 0.3) is 5.91 Å². The standard InChI is InChI=1S/C32H35N5O5/c1-32(2,3)42-30(39)33-21-9-10-25-20(17-21)18-26(34-25)29(38)37-12-11-23-22-7-5-6-8-24(22)28(19-27(23)37)41-31(40)36-15-13-35(4)14-16-36/h5-10,17-19,34H,11-16H2,1-4H3,(H,33,39). The summed E-state index contributed by atoms with van der Waals surface area (Å²) in [6.07, 6.45) is -0.229. The summed E-state index contributed by atoms with van der Waals surface area (Å²) < 4.78 is 11.3. The molecule has 10 heteroatoms. The minimum atomic E-state index is -0.609. The monoisotopic (exact) mass is 569 g/mol. The molecule has 4 aromatic rings. The van der Waals surface area contributed by atoms with Gasteiger partial charge >= 0.3 is 12.2 Å². The van der Waals surface area contributed by atoms with E-state index in [4.69, 9.17) is 9.47 Å². The van der Waals surface area contributed by atoms with Gasteiger partial charge in [0.05, 0.1) is 5.69 Å². The average molecular weight is 570 g/mol. The largest absolute Gasteiger partial charge is 0.444 e. The number of aromatic amines is 1. The van der Waals surface area contributed by atoms with Gasteiger partial charge in [-0.3, -0.25) is 10.1 Å². The van der Waals surface area contributed by atoms with Crippen molar-refractivity contribution in [3.63, 3.8) is 0 Å². The van der Waals surface area contributed by atoms with Crippen LogP contribution >= 0.6 is 0 Å². The number of likely N-dealkylation sites (N-methyl/N-ethyl adjacent to an activating group) is 1. The van der Waals surface area contributed by atoms with Crippen LogP contribution in [-0.4, -0.2) is 78.2 Å². The lowest BCUT2D eigenvalue weighted by atomic mass is 10.0. The number of H-pyrrole nitrogens is 1. The number of fused-ring (bicyclic) bond motifs is 4. The maximum Gasteiger partial charge on any atom is 0.415 e. The van der Waals surface area contributed by atoms with Gasteiger partial charge in [-0.2, -0.15) is 0 Å². The fourth-order valence-electron chi connectivity index (χ4n) is 5.57. The normalized spacial score (nSPS) is 15.6. The number of nitrogens with one attached hydrogen (secondary N) is 2. The maximum absolute atomic E-state index is 13.8. The number of anilines is 2. The molecule has 3 aromatic carbocycles. The van der Waals surface area contributed by atoms with Crippen LogP contribution in [0.2, 0.25) is 0 Å². The van der Waals surface area contributed by atoms with E-state index in [1.54, 1.807) is 48.8 Å². The number of piperazine rings is 1. The van der Waals surface area contributed by atoms with Crippen molar-refractivity contribution in [3.05, 3.63) is 65.9 Å². The van der Waals surface area contributed by atoms with Crippen molar-refractivity contribution in [2.24, 2.45) is 0 Å². The summed E-state index contributed by atoms with van der Waals surface area (Å²) in [7, 11) is 2.04. The molecule has 1 fully saturated rings. The van der Waals surface area contributed by atoms with E-state index in [1.807, 2.05) is 43.4 Å². The summed E-state index contributed by atoms with van der Waals surface area (Å²) >= 11 is 0. The van der Waals surface area contributed by atoms with Gasteiger partial charge in [0, 0.05) is 60.8 Å². The summed E-state index contributed by atoms with van der Waals surface area (Å²) in [5.41, 5.74) is 2.95. The SMILES string of the molecule is CN1CCN(C(=O)Oc2cc3c(c4ccccc24)CCN3C(=O)c2cc3cc(NC(=O)OC(C)(C)C)ccc3[nH]2)CC1. The van der Waals surface area contributed by atoms with Crippen molar-refractivity contribution < 1.29 is 23.9 Å². The van der Waals surface area contributed by atoms with E-state index in [2.05, 4.69) is 15.2 Å². The number of hydrogen-bond acceptors (Lipinski definition) is 6. The fourth-order valence-corrected chi connectivity index (χ4v) is 5.57. The molecule has 3 heterocycles. The van der Waals surface area contributed by atoms with Crippen LogP contribution in [0.15, 0.2) is 54.6 Å². The lowest BCUT2D eigenvalue weighted by Crippen LogP contribution is -2.48. The van der Waals surface area contributed by atoms with Gasteiger partial charge in [0.1, 0.15) is 17.0 Å². The number of benzene rings is 3.